The fraction of sp³-hybridized carbons (Fsp3) is 0.320. The molecule has 1 N–H and O–H groups in total. The number of nitrogens with one attached hydrogen (secondary N) is 1. The van der Waals surface area contributed by atoms with Crippen molar-refractivity contribution in [3.8, 4) is 5.69 Å². The van der Waals surface area contributed by atoms with Crippen molar-refractivity contribution in [2.75, 3.05) is 24.5 Å². The number of carbonyl (C=O) groups is 1. The first kappa shape index (κ1) is 21.7. The molecule has 2 heterocycles. The number of aryl methyl sites for hydroxylation is 1. The van der Waals surface area contributed by atoms with E-state index in [2.05, 4.69) is 22.5 Å². The van der Waals surface area contributed by atoms with Crippen molar-refractivity contribution >= 4 is 11.7 Å². The Hall–Kier alpha value is -3.48. The van der Waals surface area contributed by atoms with E-state index >= 15 is 0 Å². The highest BCUT2D eigenvalue weighted by Gasteiger charge is 2.26. The number of amides is 1. The first-order valence-corrected chi connectivity index (χ1v) is 11.0. The number of anilines is 1. The number of aromatic nitrogens is 2. The Morgan fingerprint density at radius 2 is 1.94 bits per heavy atom. The molecule has 0 radical (unpaired) electrons. The molecule has 3 aromatic rings. The zero-order valence-corrected chi connectivity index (χ0v) is 17.9. The summed E-state index contributed by atoms with van der Waals surface area (Å²) in [6.07, 6.45) is 3.52. The van der Waals surface area contributed by atoms with Crippen molar-refractivity contribution in [2.24, 2.45) is 5.92 Å². The molecule has 7 heteroatoms. The number of benzene rings is 2. The molecule has 0 spiro atoms. The Kier molecular flexibility index (Phi) is 6.94. The minimum absolute atomic E-state index is 0.0567. The van der Waals surface area contributed by atoms with Gasteiger partial charge in [0.25, 0.3) is 5.56 Å². The van der Waals surface area contributed by atoms with E-state index in [1.165, 1.54) is 28.4 Å². The van der Waals surface area contributed by atoms with Gasteiger partial charge < -0.3 is 10.2 Å². The second-order valence-electron chi connectivity index (χ2n) is 8.09. The Morgan fingerprint density at radius 3 is 2.75 bits per heavy atom. The first-order chi connectivity index (χ1) is 15.6. The number of rotatable bonds is 7. The van der Waals surface area contributed by atoms with Crippen LogP contribution < -0.4 is 15.8 Å². The number of carbonyl (C=O) groups excluding carboxylic acids is 1. The van der Waals surface area contributed by atoms with E-state index in [-0.39, 0.29) is 17.4 Å². The van der Waals surface area contributed by atoms with Crippen LogP contribution >= 0.6 is 0 Å². The molecular formula is C25H27FN4O2. The number of halogens is 1. The molecule has 0 aliphatic carbocycles. The maximum Gasteiger partial charge on any atom is 0.271 e. The van der Waals surface area contributed by atoms with Gasteiger partial charge in [-0.15, -0.1) is 5.10 Å². The van der Waals surface area contributed by atoms with Crippen LogP contribution in [0.5, 0.6) is 0 Å². The van der Waals surface area contributed by atoms with Crippen LogP contribution in [0, 0.1) is 11.7 Å². The van der Waals surface area contributed by atoms with Gasteiger partial charge in [-0.2, -0.15) is 4.68 Å². The highest BCUT2D eigenvalue weighted by Crippen LogP contribution is 2.21. The summed E-state index contributed by atoms with van der Waals surface area (Å²) in [5.41, 5.74) is 1.32. The average molecular weight is 435 g/mol. The normalized spacial score (nSPS) is 16.0. The van der Waals surface area contributed by atoms with E-state index in [0.717, 1.165) is 32.2 Å². The average Bonchev–Trinajstić information content (AvgIpc) is 2.83. The highest BCUT2D eigenvalue weighted by molar-refractivity contribution is 5.79. The monoisotopic (exact) mass is 434 g/mol. The van der Waals surface area contributed by atoms with E-state index in [0.29, 0.717) is 24.6 Å². The molecular weight excluding hydrogens is 407 g/mol. The molecule has 1 amide bonds. The van der Waals surface area contributed by atoms with Gasteiger partial charge in [-0.3, -0.25) is 9.59 Å². The fourth-order valence-electron chi connectivity index (χ4n) is 4.06. The van der Waals surface area contributed by atoms with Gasteiger partial charge in [0.1, 0.15) is 11.6 Å². The lowest BCUT2D eigenvalue weighted by molar-refractivity contribution is -0.125. The minimum Gasteiger partial charge on any atom is -0.356 e. The Labute approximate surface area is 186 Å². The van der Waals surface area contributed by atoms with Gasteiger partial charge >= 0.3 is 0 Å². The summed E-state index contributed by atoms with van der Waals surface area (Å²) < 4.78 is 14.8. The van der Waals surface area contributed by atoms with Crippen molar-refractivity contribution in [3.05, 3.63) is 88.5 Å². The summed E-state index contributed by atoms with van der Waals surface area (Å²) in [4.78, 5) is 27.0. The summed E-state index contributed by atoms with van der Waals surface area (Å²) >= 11 is 0. The van der Waals surface area contributed by atoms with E-state index in [1.54, 1.807) is 18.2 Å². The lowest BCUT2D eigenvalue weighted by Crippen LogP contribution is -2.44. The quantitative estimate of drug-likeness (QED) is 0.580. The third-order valence-electron chi connectivity index (χ3n) is 5.74. The van der Waals surface area contributed by atoms with Gasteiger partial charge in [0.2, 0.25) is 5.91 Å². The Bertz CT molecular complexity index is 1120. The SMILES string of the molecule is O=C(NCCCc1ccccc1)C1CCCN(c2ccc(=O)n(-c3cccc(F)c3)n2)C1. The molecule has 1 fully saturated rings. The summed E-state index contributed by atoms with van der Waals surface area (Å²) in [6, 6.07) is 19.1. The number of piperidine rings is 1. The predicted molar refractivity (Wildman–Crippen MR) is 123 cm³/mol. The minimum atomic E-state index is -0.427. The molecule has 6 nitrogen and oxygen atoms in total. The number of hydrogen-bond donors (Lipinski definition) is 1. The van der Waals surface area contributed by atoms with Gasteiger partial charge in [0, 0.05) is 25.7 Å². The zero-order valence-electron chi connectivity index (χ0n) is 17.9. The summed E-state index contributed by atoms with van der Waals surface area (Å²) in [7, 11) is 0. The molecule has 1 aliphatic rings. The van der Waals surface area contributed by atoms with Gasteiger partial charge in [-0.1, -0.05) is 36.4 Å². The first-order valence-electron chi connectivity index (χ1n) is 11.0. The number of nitrogens with zero attached hydrogens (tertiary/aromatic N) is 3. The van der Waals surface area contributed by atoms with Crippen LogP contribution in [0.15, 0.2) is 71.5 Å². The second kappa shape index (κ2) is 10.2. The lowest BCUT2D eigenvalue weighted by atomic mass is 9.97. The van der Waals surface area contributed by atoms with E-state index < -0.39 is 5.82 Å². The van der Waals surface area contributed by atoms with Crippen LogP contribution in [0.25, 0.3) is 5.69 Å². The van der Waals surface area contributed by atoms with E-state index in [4.69, 9.17) is 0 Å². The molecule has 2 aromatic carbocycles. The topological polar surface area (TPSA) is 67.2 Å². The van der Waals surface area contributed by atoms with Gasteiger partial charge in [-0.05, 0) is 55.5 Å². The van der Waals surface area contributed by atoms with Crippen molar-refractivity contribution < 1.29 is 9.18 Å². The van der Waals surface area contributed by atoms with Crippen LogP contribution in [-0.2, 0) is 11.2 Å². The van der Waals surface area contributed by atoms with Gasteiger partial charge in [0.05, 0.1) is 11.6 Å². The molecule has 166 valence electrons. The molecule has 1 atom stereocenters. The smallest absolute Gasteiger partial charge is 0.271 e. The van der Waals surface area contributed by atoms with Crippen LogP contribution in [0.1, 0.15) is 24.8 Å². The molecule has 1 unspecified atom stereocenters. The predicted octanol–water partition coefficient (Wildman–Crippen LogP) is 3.34. The summed E-state index contributed by atoms with van der Waals surface area (Å²) in [5.74, 6) is 0.108. The van der Waals surface area contributed by atoms with Crippen molar-refractivity contribution in [3.63, 3.8) is 0 Å². The maximum absolute atomic E-state index is 13.6. The third-order valence-corrected chi connectivity index (χ3v) is 5.74. The van der Waals surface area contributed by atoms with Crippen LogP contribution in [0.2, 0.25) is 0 Å². The summed E-state index contributed by atoms with van der Waals surface area (Å²) in [5, 5.41) is 7.51. The van der Waals surface area contributed by atoms with E-state index in [9.17, 15) is 14.0 Å². The molecule has 1 aliphatic heterocycles. The number of hydrogen-bond acceptors (Lipinski definition) is 4. The largest absolute Gasteiger partial charge is 0.356 e. The molecule has 4 rings (SSSR count). The fourth-order valence-corrected chi connectivity index (χ4v) is 4.06. The van der Waals surface area contributed by atoms with Crippen molar-refractivity contribution in [2.45, 2.75) is 25.7 Å². The zero-order chi connectivity index (χ0) is 22.3. The Balaban J connectivity index is 1.37. The van der Waals surface area contributed by atoms with E-state index in [1.807, 2.05) is 23.1 Å². The third kappa shape index (κ3) is 5.41. The molecule has 0 saturated carbocycles. The van der Waals surface area contributed by atoms with Crippen molar-refractivity contribution in [1.29, 1.82) is 0 Å². The summed E-state index contributed by atoms with van der Waals surface area (Å²) in [6.45, 7) is 1.94. The van der Waals surface area contributed by atoms with Gasteiger partial charge in [-0.25, -0.2) is 4.39 Å². The molecule has 32 heavy (non-hydrogen) atoms. The molecule has 0 bridgehead atoms. The van der Waals surface area contributed by atoms with Crippen molar-refractivity contribution in [1.82, 2.24) is 15.1 Å². The molecule has 1 saturated heterocycles. The maximum atomic E-state index is 13.6. The Morgan fingerprint density at radius 1 is 1.09 bits per heavy atom. The lowest BCUT2D eigenvalue weighted by Gasteiger charge is -2.33. The van der Waals surface area contributed by atoms with Crippen LogP contribution in [0.3, 0.4) is 0 Å². The second-order valence-corrected chi connectivity index (χ2v) is 8.09. The van der Waals surface area contributed by atoms with Crippen LogP contribution in [0.4, 0.5) is 10.2 Å². The highest BCUT2D eigenvalue weighted by atomic mass is 19.1. The van der Waals surface area contributed by atoms with Gasteiger partial charge in [0.15, 0.2) is 0 Å². The van der Waals surface area contributed by atoms with Crippen LogP contribution in [-0.4, -0.2) is 35.3 Å². The standard InChI is InChI=1S/C25H27FN4O2/c26-21-11-4-12-22(17-21)30-24(31)14-13-23(28-30)29-16-6-10-20(18-29)25(32)27-15-5-9-19-7-2-1-3-8-19/h1-4,7-8,11-14,17,20H,5-6,9-10,15-16,18H2,(H,27,32). The molecule has 1 aromatic heterocycles.